The van der Waals surface area contributed by atoms with Gasteiger partial charge in [-0.3, -0.25) is 10.3 Å². The zero-order chi connectivity index (χ0) is 29.4. The average Bonchev–Trinajstić information content (AvgIpc) is 3.53. The third kappa shape index (κ3) is 5.92. The van der Waals surface area contributed by atoms with Gasteiger partial charge in [-0.25, -0.2) is 20.0 Å². The summed E-state index contributed by atoms with van der Waals surface area (Å²) in [6, 6.07) is 0. The van der Waals surface area contributed by atoms with E-state index in [1.165, 1.54) is 5.57 Å². The Balaban J connectivity index is 0.00000387. The van der Waals surface area contributed by atoms with Crippen molar-refractivity contribution in [2.45, 2.75) is 88.6 Å². The predicted molar refractivity (Wildman–Crippen MR) is 168 cm³/mol. The second-order valence-corrected chi connectivity index (χ2v) is 14.9. The molecule has 0 aromatic heterocycles. The molecule has 1 N–H and O–H groups in total. The summed E-state index contributed by atoms with van der Waals surface area (Å²) < 4.78 is 0. The Morgan fingerprint density at radius 1 is 0.659 bits per heavy atom. The molecule has 0 amide bonds. The Kier molecular flexibility index (Phi) is 7.48. The van der Waals surface area contributed by atoms with Crippen molar-refractivity contribution < 1.29 is 16.5 Å². The molecule has 5 aliphatic heterocycles. The summed E-state index contributed by atoms with van der Waals surface area (Å²) in [5.74, 6) is 1.72. The van der Waals surface area contributed by atoms with E-state index in [1.54, 1.807) is 0 Å². The second kappa shape index (κ2) is 9.97. The smallest absolute Gasteiger partial charge is 0.253 e. The topological polar surface area (TPSA) is 89.4 Å². The molecule has 0 atom stereocenters. The van der Waals surface area contributed by atoms with Crippen LogP contribution in [0, 0.1) is 16.2 Å². The van der Waals surface area contributed by atoms with E-state index < -0.39 is 0 Å². The number of rotatable bonds is 0. The van der Waals surface area contributed by atoms with E-state index in [9.17, 15) is 0 Å². The van der Waals surface area contributed by atoms with Crippen LogP contribution in [0.3, 0.4) is 0 Å². The van der Waals surface area contributed by atoms with Crippen LogP contribution in [0.25, 0.3) is 0 Å². The molecule has 0 aromatic rings. The van der Waals surface area contributed by atoms with Crippen molar-refractivity contribution in [1.82, 2.24) is 10.3 Å². The molecule has 0 fully saturated rings. The van der Waals surface area contributed by atoms with Crippen LogP contribution >= 0.6 is 0 Å². The summed E-state index contributed by atoms with van der Waals surface area (Å²) in [5, 5.41) is 4.59. The summed E-state index contributed by atoms with van der Waals surface area (Å²) in [7, 11) is 0. The SMILES string of the molecule is CC(C)(C)C1=CC2=NC1=C(C(C)(C)C)C1=NC(=NC3=NNC(=CC4=NC(=C2)C=C4)N3C(C)(C)C)N=C1C(C)(C)C.[Ni]. The number of nitrogens with one attached hydrogen (secondary N) is 1. The van der Waals surface area contributed by atoms with Gasteiger partial charge in [-0.05, 0) is 61.5 Å². The number of fused-ring (bicyclic) bond motifs is 5. The maximum absolute atomic E-state index is 5.24. The molecular weight excluding hydrogens is 555 g/mol. The summed E-state index contributed by atoms with van der Waals surface area (Å²) in [5.41, 5.74) is 9.73. The molecule has 0 unspecified atom stereocenters. The van der Waals surface area contributed by atoms with E-state index in [1.807, 2.05) is 18.2 Å². The van der Waals surface area contributed by atoms with Gasteiger partial charge in [0.05, 0.1) is 34.2 Å². The maximum Gasteiger partial charge on any atom is 0.253 e. The van der Waals surface area contributed by atoms with E-state index in [-0.39, 0.29) is 38.3 Å². The summed E-state index contributed by atoms with van der Waals surface area (Å²) >= 11 is 0. The number of hydrogen-bond acceptors (Lipinski definition) is 8. The van der Waals surface area contributed by atoms with Gasteiger partial charge in [0, 0.05) is 39.1 Å². The normalized spacial score (nSPS) is 20.8. The zero-order valence-corrected chi connectivity index (χ0v) is 27.3. The van der Waals surface area contributed by atoms with Crippen molar-refractivity contribution in [3.63, 3.8) is 0 Å². The molecule has 0 saturated carbocycles. The average molecular weight is 597 g/mol. The van der Waals surface area contributed by atoms with Gasteiger partial charge in [-0.2, -0.15) is 4.99 Å². The van der Waals surface area contributed by atoms with Gasteiger partial charge >= 0.3 is 0 Å². The van der Waals surface area contributed by atoms with Crippen LogP contribution in [0.1, 0.15) is 83.1 Å². The minimum atomic E-state index is -0.301. The van der Waals surface area contributed by atoms with Crippen molar-refractivity contribution in [2.75, 3.05) is 0 Å². The van der Waals surface area contributed by atoms with Crippen LogP contribution in [0.4, 0.5) is 0 Å². The molecule has 5 aliphatic rings. The van der Waals surface area contributed by atoms with Crippen LogP contribution in [0.2, 0.25) is 0 Å². The summed E-state index contributed by atoms with van der Waals surface area (Å²) in [4.78, 5) is 27.3. The van der Waals surface area contributed by atoms with Gasteiger partial charge in [0.1, 0.15) is 5.82 Å². The van der Waals surface area contributed by atoms with Crippen LogP contribution in [0.15, 0.2) is 88.8 Å². The number of hydrogen-bond donors (Lipinski definition) is 1. The predicted octanol–water partition coefficient (Wildman–Crippen LogP) is 6.73. The Bertz CT molecular complexity index is 1520. The Hall–Kier alpha value is -3.19. The van der Waals surface area contributed by atoms with E-state index in [4.69, 9.17) is 25.0 Å². The standard InChI is InChI=1S/C32H42N8.Ni/c1-29(2,3)21-16-20-15-18-13-14-19(33-18)17-22-38-39-28(40(22)32(10,11)12)37-27-35-25(26(36-27)31(7,8)9)23(24(21)34-20)30(4,5)6;/h13-17,38H,1-12H3;. The number of hydrazone groups is 1. The third-order valence-corrected chi connectivity index (χ3v) is 7.02. The maximum atomic E-state index is 5.24. The molecule has 0 aliphatic carbocycles. The first kappa shape index (κ1) is 30.8. The molecule has 220 valence electrons. The van der Waals surface area contributed by atoms with Gasteiger partial charge in [0.15, 0.2) is 0 Å². The zero-order valence-electron chi connectivity index (χ0n) is 26.3. The fourth-order valence-electron chi connectivity index (χ4n) is 5.26. The Morgan fingerprint density at radius 2 is 1.34 bits per heavy atom. The summed E-state index contributed by atoms with van der Waals surface area (Å²) in [6.07, 6.45) is 10.3. The Morgan fingerprint density at radius 3 is 1.93 bits per heavy atom. The first-order valence-corrected chi connectivity index (χ1v) is 14.0. The van der Waals surface area contributed by atoms with Crippen LogP contribution in [0.5, 0.6) is 0 Å². The Labute approximate surface area is 254 Å². The van der Waals surface area contributed by atoms with E-state index in [2.05, 4.69) is 111 Å². The molecule has 5 heterocycles. The quantitative estimate of drug-likeness (QED) is 0.314. The van der Waals surface area contributed by atoms with Crippen LogP contribution in [-0.2, 0) is 16.5 Å². The third-order valence-electron chi connectivity index (χ3n) is 7.02. The molecule has 0 aromatic carbocycles. The van der Waals surface area contributed by atoms with Crippen molar-refractivity contribution in [2.24, 2.45) is 46.3 Å². The second-order valence-electron chi connectivity index (χ2n) is 14.9. The molecule has 5 rings (SSSR count). The molecule has 0 spiro atoms. The van der Waals surface area contributed by atoms with E-state index >= 15 is 0 Å². The van der Waals surface area contributed by atoms with Crippen molar-refractivity contribution in [3.05, 3.63) is 58.7 Å². The molecule has 8 bridgehead atoms. The number of guanidine groups is 2. The van der Waals surface area contributed by atoms with E-state index in [0.717, 1.165) is 45.6 Å². The molecule has 8 nitrogen and oxygen atoms in total. The minimum absolute atomic E-state index is 0. The van der Waals surface area contributed by atoms with Crippen LogP contribution in [-0.4, -0.2) is 45.2 Å². The molecule has 0 saturated heterocycles. The minimum Gasteiger partial charge on any atom is -0.289 e. The first-order chi connectivity index (χ1) is 18.3. The van der Waals surface area contributed by atoms with Gasteiger partial charge in [0.2, 0.25) is 0 Å². The van der Waals surface area contributed by atoms with Gasteiger partial charge in [-0.1, -0.05) is 62.3 Å². The van der Waals surface area contributed by atoms with Crippen LogP contribution < -0.4 is 5.43 Å². The fraction of sp³-hybridized carbons (Fsp3) is 0.500. The summed E-state index contributed by atoms with van der Waals surface area (Å²) in [6.45, 7) is 26.3. The molecule has 0 radical (unpaired) electrons. The molecule has 41 heavy (non-hydrogen) atoms. The number of aliphatic imine (C=N–C) groups is 5. The van der Waals surface area contributed by atoms with Gasteiger partial charge in [-0.15, -0.1) is 5.10 Å². The van der Waals surface area contributed by atoms with Gasteiger partial charge in [0.25, 0.3) is 11.9 Å². The van der Waals surface area contributed by atoms with Crippen molar-refractivity contribution in [3.8, 4) is 0 Å². The first-order valence-electron chi connectivity index (χ1n) is 14.0. The number of nitrogens with zero attached hydrogens (tertiary/aromatic N) is 7. The monoisotopic (exact) mass is 596 g/mol. The van der Waals surface area contributed by atoms with Gasteiger partial charge < -0.3 is 0 Å². The fourth-order valence-corrected chi connectivity index (χ4v) is 5.26. The largest absolute Gasteiger partial charge is 0.289 e. The van der Waals surface area contributed by atoms with E-state index in [0.29, 0.717) is 11.9 Å². The van der Waals surface area contributed by atoms with Crippen molar-refractivity contribution in [1.29, 1.82) is 0 Å². The van der Waals surface area contributed by atoms with Crippen molar-refractivity contribution >= 4 is 34.8 Å². The molecular formula is C32H42N8Ni. The molecule has 9 heteroatoms. The number of allylic oxidation sites excluding steroid dienone is 7.